The zero-order chi connectivity index (χ0) is 23.9. The Bertz CT molecular complexity index is 1330. The summed E-state index contributed by atoms with van der Waals surface area (Å²) in [6.45, 7) is 3.37. The van der Waals surface area contributed by atoms with Crippen LogP contribution in [0.4, 0.5) is 5.69 Å². The van der Waals surface area contributed by atoms with Gasteiger partial charge in [-0.05, 0) is 55.3 Å². The van der Waals surface area contributed by atoms with Crippen molar-refractivity contribution in [3.05, 3.63) is 83.8 Å². The maximum atomic E-state index is 13.5. The minimum absolute atomic E-state index is 0.0912. The molecule has 2 amide bonds. The van der Waals surface area contributed by atoms with Crippen LogP contribution in [-0.2, 0) is 16.4 Å². The molecule has 0 aliphatic carbocycles. The van der Waals surface area contributed by atoms with Gasteiger partial charge in [0, 0.05) is 37.8 Å². The van der Waals surface area contributed by atoms with E-state index in [9.17, 15) is 18.0 Å². The van der Waals surface area contributed by atoms with Gasteiger partial charge in [0.15, 0.2) is 5.76 Å². The van der Waals surface area contributed by atoms with Crippen molar-refractivity contribution >= 4 is 27.5 Å². The molecular formula is C25H25N3O5S. The number of para-hydroxylation sites is 1. The van der Waals surface area contributed by atoms with Crippen LogP contribution in [0.2, 0.25) is 0 Å². The molecule has 5 rings (SSSR count). The number of hydrogen-bond donors (Lipinski definition) is 0. The highest BCUT2D eigenvalue weighted by Crippen LogP contribution is 2.36. The van der Waals surface area contributed by atoms with E-state index in [1.54, 1.807) is 34.1 Å². The molecule has 2 aliphatic rings. The number of benzene rings is 2. The van der Waals surface area contributed by atoms with E-state index in [0.29, 0.717) is 43.9 Å². The van der Waals surface area contributed by atoms with Crippen LogP contribution in [-0.4, -0.2) is 62.3 Å². The van der Waals surface area contributed by atoms with Crippen LogP contribution in [0.25, 0.3) is 0 Å². The highest BCUT2D eigenvalue weighted by atomic mass is 32.2. The lowest BCUT2D eigenvalue weighted by atomic mass is 10.1. The molecule has 1 saturated heterocycles. The molecule has 34 heavy (non-hydrogen) atoms. The molecule has 9 heteroatoms. The molecular weight excluding hydrogens is 454 g/mol. The topological polar surface area (TPSA) is 91.1 Å². The first-order valence-electron chi connectivity index (χ1n) is 11.2. The number of hydrogen-bond acceptors (Lipinski definition) is 5. The predicted octanol–water partition coefficient (Wildman–Crippen LogP) is 3.02. The zero-order valence-corrected chi connectivity index (χ0v) is 19.6. The Hall–Kier alpha value is -3.59. The van der Waals surface area contributed by atoms with Crippen LogP contribution in [0.1, 0.15) is 33.4 Å². The number of carbonyl (C=O) groups excluding carboxylic acids is 2. The Morgan fingerprint density at radius 3 is 2.29 bits per heavy atom. The molecule has 0 N–H and O–H groups in total. The summed E-state index contributed by atoms with van der Waals surface area (Å²) in [6.07, 6.45) is 2.10. The van der Waals surface area contributed by atoms with Crippen molar-refractivity contribution in [2.45, 2.75) is 24.3 Å². The van der Waals surface area contributed by atoms with Gasteiger partial charge in [-0.15, -0.1) is 0 Å². The van der Waals surface area contributed by atoms with Crippen molar-refractivity contribution in [1.82, 2.24) is 9.80 Å². The molecule has 0 bridgehead atoms. The summed E-state index contributed by atoms with van der Waals surface area (Å²) in [5.41, 5.74) is 1.99. The second-order valence-electron chi connectivity index (χ2n) is 8.57. The van der Waals surface area contributed by atoms with Gasteiger partial charge in [-0.3, -0.25) is 13.9 Å². The summed E-state index contributed by atoms with van der Waals surface area (Å²) < 4.78 is 33.7. The summed E-state index contributed by atoms with van der Waals surface area (Å²) in [5, 5.41) is 0. The van der Waals surface area contributed by atoms with E-state index in [-0.39, 0.29) is 28.5 Å². The number of piperazine rings is 1. The lowest BCUT2D eigenvalue weighted by molar-refractivity contribution is 0.0518. The number of sulfonamides is 1. The summed E-state index contributed by atoms with van der Waals surface area (Å²) >= 11 is 0. The number of anilines is 1. The van der Waals surface area contributed by atoms with Gasteiger partial charge in [0.05, 0.1) is 16.8 Å². The molecule has 0 radical (unpaired) electrons. The molecule has 3 aromatic rings. The monoisotopic (exact) mass is 479 g/mol. The average molecular weight is 480 g/mol. The van der Waals surface area contributed by atoms with Crippen LogP contribution in [0, 0.1) is 0 Å². The van der Waals surface area contributed by atoms with E-state index in [1.807, 2.05) is 31.2 Å². The van der Waals surface area contributed by atoms with Crippen molar-refractivity contribution < 1.29 is 22.4 Å². The third kappa shape index (κ3) is 3.86. The molecule has 3 heterocycles. The molecule has 2 aromatic carbocycles. The SMILES string of the molecule is C[C@H]1Cc2ccccc2N1S(=O)(=O)c1cccc(C(=O)N2CCN(C(=O)c3ccco3)CC2)c1. The second-order valence-corrected chi connectivity index (χ2v) is 10.4. The van der Waals surface area contributed by atoms with Gasteiger partial charge >= 0.3 is 0 Å². The van der Waals surface area contributed by atoms with Crippen LogP contribution in [0.15, 0.2) is 76.2 Å². The fourth-order valence-corrected chi connectivity index (χ4v) is 6.40. The quantitative estimate of drug-likeness (QED) is 0.574. The van der Waals surface area contributed by atoms with Crippen molar-refractivity contribution in [3.8, 4) is 0 Å². The third-order valence-corrected chi connectivity index (χ3v) is 8.29. The van der Waals surface area contributed by atoms with E-state index in [0.717, 1.165) is 5.56 Å². The molecule has 8 nitrogen and oxygen atoms in total. The van der Waals surface area contributed by atoms with Crippen molar-refractivity contribution in [2.24, 2.45) is 0 Å². The molecule has 0 spiro atoms. The fourth-order valence-electron chi connectivity index (χ4n) is 4.66. The number of amides is 2. The Morgan fingerprint density at radius 2 is 1.59 bits per heavy atom. The maximum Gasteiger partial charge on any atom is 0.289 e. The standard InChI is InChI=1S/C25H25N3O5S/c1-18-16-19-6-2-3-9-22(19)28(18)34(31,32)21-8-4-7-20(17-21)24(29)26-11-13-27(14-12-26)25(30)23-10-5-15-33-23/h2-10,15,17-18H,11-14,16H2,1H3/t18-/m0/s1. The van der Waals surface area contributed by atoms with Gasteiger partial charge in [0.2, 0.25) is 0 Å². The second kappa shape index (κ2) is 8.64. The largest absolute Gasteiger partial charge is 0.459 e. The van der Waals surface area contributed by atoms with Crippen molar-refractivity contribution in [2.75, 3.05) is 30.5 Å². The Labute approximate surface area is 198 Å². The molecule has 2 aliphatic heterocycles. The van der Waals surface area contributed by atoms with E-state index in [1.165, 1.54) is 22.7 Å². The van der Waals surface area contributed by atoms with Crippen LogP contribution in [0.3, 0.4) is 0 Å². The lowest BCUT2D eigenvalue weighted by Gasteiger charge is -2.34. The number of furan rings is 1. The molecule has 1 atom stereocenters. The van der Waals surface area contributed by atoms with Gasteiger partial charge in [-0.1, -0.05) is 24.3 Å². The lowest BCUT2D eigenvalue weighted by Crippen LogP contribution is -2.50. The molecule has 0 saturated carbocycles. The summed E-state index contributed by atoms with van der Waals surface area (Å²) in [6, 6.07) is 16.8. The Morgan fingerprint density at radius 1 is 0.882 bits per heavy atom. The first-order valence-corrected chi connectivity index (χ1v) is 12.6. The third-order valence-electron chi connectivity index (χ3n) is 6.37. The van der Waals surface area contributed by atoms with E-state index in [4.69, 9.17) is 4.42 Å². The minimum atomic E-state index is -3.83. The maximum absolute atomic E-state index is 13.5. The Balaban J connectivity index is 1.33. The van der Waals surface area contributed by atoms with Gasteiger partial charge in [-0.25, -0.2) is 8.42 Å². The van der Waals surface area contributed by atoms with Gasteiger partial charge in [0.25, 0.3) is 21.8 Å². The van der Waals surface area contributed by atoms with Gasteiger partial charge in [-0.2, -0.15) is 0 Å². The Kier molecular flexibility index (Phi) is 5.65. The minimum Gasteiger partial charge on any atom is -0.459 e. The molecule has 1 aromatic heterocycles. The molecule has 0 unspecified atom stereocenters. The highest BCUT2D eigenvalue weighted by Gasteiger charge is 2.36. The molecule has 1 fully saturated rings. The van der Waals surface area contributed by atoms with Gasteiger partial charge < -0.3 is 14.2 Å². The number of carbonyl (C=O) groups is 2. The van der Waals surface area contributed by atoms with E-state index in [2.05, 4.69) is 0 Å². The van der Waals surface area contributed by atoms with Crippen LogP contribution < -0.4 is 4.31 Å². The number of rotatable bonds is 4. The predicted molar refractivity (Wildman–Crippen MR) is 126 cm³/mol. The summed E-state index contributed by atoms with van der Waals surface area (Å²) in [7, 11) is -3.83. The first kappa shape index (κ1) is 22.2. The van der Waals surface area contributed by atoms with Crippen molar-refractivity contribution in [3.63, 3.8) is 0 Å². The summed E-state index contributed by atoms with van der Waals surface area (Å²) in [5.74, 6) is -0.183. The van der Waals surface area contributed by atoms with Crippen molar-refractivity contribution in [1.29, 1.82) is 0 Å². The first-order chi connectivity index (χ1) is 16.4. The average Bonchev–Trinajstić information content (AvgIpc) is 3.51. The number of fused-ring (bicyclic) bond motifs is 1. The number of nitrogens with zero attached hydrogens (tertiary/aromatic N) is 3. The highest BCUT2D eigenvalue weighted by molar-refractivity contribution is 7.92. The van der Waals surface area contributed by atoms with Crippen LogP contribution >= 0.6 is 0 Å². The van der Waals surface area contributed by atoms with Gasteiger partial charge in [0.1, 0.15) is 0 Å². The normalized spacial score (nSPS) is 18.1. The van der Waals surface area contributed by atoms with E-state index < -0.39 is 10.0 Å². The fraction of sp³-hybridized carbons (Fsp3) is 0.280. The smallest absolute Gasteiger partial charge is 0.289 e. The zero-order valence-electron chi connectivity index (χ0n) is 18.8. The van der Waals surface area contributed by atoms with Crippen LogP contribution in [0.5, 0.6) is 0 Å². The molecule has 176 valence electrons. The van der Waals surface area contributed by atoms with E-state index >= 15 is 0 Å². The summed E-state index contributed by atoms with van der Waals surface area (Å²) in [4.78, 5) is 29.0.